The van der Waals surface area contributed by atoms with Crippen molar-refractivity contribution in [2.75, 3.05) is 11.9 Å². The number of halogens is 1. The molecule has 0 bridgehead atoms. The number of carbonyl (C=O) groups excluding carboxylic acids is 1. The lowest BCUT2D eigenvalue weighted by Crippen LogP contribution is -2.12. The molecular weight excluding hydrogens is 274 g/mol. The minimum Gasteiger partial charge on any atom is -0.481 e. The van der Waals surface area contributed by atoms with Gasteiger partial charge in [-0.05, 0) is 36.4 Å². The Labute approximate surface area is 122 Å². The maximum Gasteiger partial charge on any atom is 0.257 e. The van der Waals surface area contributed by atoms with Gasteiger partial charge in [-0.1, -0.05) is 29.7 Å². The van der Waals surface area contributed by atoms with Crippen LogP contribution in [-0.2, 0) is 0 Å². The number of hydrogen-bond donors (Lipinski definition) is 1. The van der Waals surface area contributed by atoms with Crippen molar-refractivity contribution in [1.82, 2.24) is 0 Å². The van der Waals surface area contributed by atoms with Gasteiger partial charge in [0.1, 0.15) is 12.4 Å². The van der Waals surface area contributed by atoms with Gasteiger partial charge in [0.2, 0.25) is 0 Å². The van der Waals surface area contributed by atoms with Gasteiger partial charge in [0.15, 0.2) is 0 Å². The van der Waals surface area contributed by atoms with E-state index in [-0.39, 0.29) is 12.5 Å². The third kappa shape index (κ3) is 3.53. The van der Waals surface area contributed by atoms with E-state index in [9.17, 15) is 4.79 Å². The van der Waals surface area contributed by atoms with Gasteiger partial charge in [0.05, 0.1) is 10.6 Å². The summed E-state index contributed by atoms with van der Waals surface area (Å²) in [6, 6.07) is 13.8. The molecule has 0 spiro atoms. The van der Waals surface area contributed by atoms with E-state index in [0.717, 1.165) is 0 Å². The Hall–Kier alpha value is -2.44. The molecule has 0 saturated heterocycles. The molecule has 2 aromatic carbocycles. The molecule has 1 N–H and O–H groups in total. The Morgan fingerprint density at radius 3 is 2.55 bits per heavy atom. The Morgan fingerprint density at radius 1 is 1.20 bits per heavy atom. The summed E-state index contributed by atoms with van der Waals surface area (Å²) >= 11 is 5.97. The molecule has 0 radical (unpaired) electrons. The van der Waals surface area contributed by atoms with Crippen molar-refractivity contribution < 1.29 is 9.53 Å². The number of hydrogen-bond acceptors (Lipinski definition) is 2. The quantitative estimate of drug-likeness (QED) is 0.872. The standard InChI is InChI=1S/C16H12ClNO2/c1-2-11-20-13-9-7-12(8-10-13)18-16(19)14-5-3-4-6-15(14)17/h1,3-10H,11H2,(H,18,19). The molecule has 1 amide bonds. The highest BCUT2D eigenvalue weighted by molar-refractivity contribution is 6.34. The van der Waals surface area contributed by atoms with Crippen LogP contribution in [0.3, 0.4) is 0 Å². The highest BCUT2D eigenvalue weighted by atomic mass is 35.5. The lowest BCUT2D eigenvalue weighted by atomic mass is 10.2. The van der Waals surface area contributed by atoms with Crippen molar-refractivity contribution in [3.05, 3.63) is 59.1 Å². The molecule has 0 aliphatic heterocycles. The molecule has 0 aromatic heterocycles. The largest absolute Gasteiger partial charge is 0.481 e. The fourth-order valence-electron chi connectivity index (χ4n) is 1.60. The van der Waals surface area contributed by atoms with E-state index in [1.807, 2.05) is 0 Å². The second-order valence-electron chi connectivity index (χ2n) is 3.95. The summed E-state index contributed by atoms with van der Waals surface area (Å²) in [6.07, 6.45) is 5.11. The van der Waals surface area contributed by atoms with Crippen molar-refractivity contribution in [2.45, 2.75) is 0 Å². The molecule has 2 aromatic rings. The molecule has 20 heavy (non-hydrogen) atoms. The molecule has 2 rings (SSSR count). The minimum atomic E-state index is -0.257. The zero-order valence-electron chi connectivity index (χ0n) is 10.6. The van der Waals surface area contributed by atoms with Crippen LogP contribution in [0.25, 0.3) is 0 Å². The Balaban J connectivity index is 2.05. The molecule has 3 nitrogen and oxygen atoms in total. The van der Waals surface area contributed by atoms with Crippen LogP contribution in [0.2, 0.25) is 5.02 Å². The fraction of sp³-hybridized carbons (Fsp3) is 0.0625. The third-order valence-corrected chi connectivity index (χ3v) is 2.88. The Kier molecular flexibility index (Phi) is 4.65. The monoisotopic (exact) mass is 285 g/mol. The normalized spacial score (nSPS) is 9.60. The highest BCUT2D eigenvalue weighted by Gasteiger charge is 2.09. The Bertz CT molecular complexity index is 644. The first kappa shape index (κ1) is 14.0. The van der Waals surface area contributed by atoms with Crippen LogP contribution in [0.1, 0.15) is 10.4 Å². The summed E-state index contributed by atoms with van der Waals surface area (Å²) in [5, 5.41) is 3.18. The fourth-order valence-corrected chi connectivity index (χ4v) is 1.82. The second kappa shape index (κ2) is 6.65. The number of benzene rings is 2. The molecule has 0 aliphatic rings. The van der Waals surface area contributed by atoms with Gasteiger partial charge < -0.3 is 10.1 Å². The van der Waals surface area contributed by atoms with Crippen LogP contribution in [0.15, 0.2) is 48.5 Å². The minimum absolute atomic E-state index is 0.214. The van der Waals surface area contributed by atoms with E-state index >= 15 is 0 Å². The van der Waals surface area contributed by atoms with Gasteiger partial charge in [0.25, 0.3) is 5.91 Å². The molecular formula is C16H12ClNO2. The summed E-state index contributed by atoms with van der Waals surface area (Å²) in [6.45, 7) is 0.214. The van der Waals surface area contributed by atoms with Crippen LogP contribution in [0.5, 0.6) is 5.75 Å². The molecule has 0 unspecified atom stereocenters. The molecule has 100 valence electrons. The molecule has 0 aliphatic carbocycles. The van der Waals surface area contributed by atoms with Crippen LogP contribution >= 0.6 is 11.6 Å². The number of terminal acetylenes is 1. The van der Waals surface area contributed by atoms with E-state index in [1.54, 1.807) is 48.5 Å². The summed E-state index contributed by atoms with van der Waals surface area (Å²) in [7, 11) is 0. The van der Waals surface area contributed by atoms with Gasteiger partial charge in [-0.25, -0.2) is 0 Å². The van der Waals surface area contributed by atoms with E-state index in [2.05, 4.69) is 11.2 Å². The predicted octanol–water partition coefficient (Wildman–Crippen LogP) is 3.60. The average Bonchev–Trinajstić information content (AvgIpc) is 2.47. The lowest BCUT2D eigenvalue weighted by molar-refractivity contribution is 0.102. The Morgan fingerprint density at radius 2 is 1.90 bits per heavy atom. The summed E-state index contributed by atoms with van der Waals surface area (Å²) < 4.78 is 5.25. The SMILES string of the molecule is C#CCOc1ccc(NC(=O)c2ccccc2Cl)cc1. The van der Waals surface area contributed by atoms with Crippen molar-refractivity contribution in [2.24, 2.45) is 0 Å². The van der Waals surface area contributed by atoms with Crippen molar-refractivity contribution in [3.63, 3.8) is 0 Å². The maximum atomic E-state index is 12.0. The third-order valence-electron chi connectivity index (χ3n) is 2.55. The van der Waals surface area contributed by atoms with Crippen molar-refractivity contribution >= 4 is 23.2 Å². The molecule has 0 heterocycles. The van der Waals surface area contributed by atoms with Crippen LogP contribution in [-0.4, -0.2) is 12.5 Å². The van der Waals surface area contributed by atoms with E-state index in [0.29, 0.717) is 22.0 Å². The summed E-state index contributed by atoms with van der Waals surface area (Å²) in [5.41, 5.74) is 1.09. The summed E-state index contributed by atoms with van der Waals surface area (Å²) in [5.74, 6) is 2.78. The molecule has 4 heteroatoms. The highest BCUT2D eigenvalue weighted by Crippen LogP contribution is 2.19. The number of anilines is 1. The number of nitrogens with one attached hydrogen (secondary N) is 1. The number of ether oxygens (including phenoxy) is 1. The number of amides is 1. The first-order valence-electron chi connectivity index (χ1n) is 5.93. The van der Waals surface area contributed by atoms with E-state index in [1.165, 1.54) is 0 Å². The zero-order chi connectivity index (χ0) is 14.4. The smallest absolute Gasteiger partial charge is 0.257 e. The first-order valence-corrected chi connectivity index (χ1v) is 6.30. The van der Waals surface area contributed by atoms with Crippen molar-refractivity contribution in [3.8, 4) is 18.1 Å². The molecule has 0 saturated carbocycles. The predicted molar refractivity (Wildman–Crippen MR) is 80.2 cm³/mol. The number of carbonyl (C=O) groups is 1. The van der Waals surface area contributed by atoms with Gasteiger partial charge in [0, 0.05) is 5.69 Å². The van der Waals surface area contributed by atoms with Gasteiger partial charge in [-0.15, -0.1) is 6.42 Å². The van der Waals surface area contributed by atoms with Gasteiger partial charge >= 0.3 is 0 Å². The van der Waals surface area contributed by atoms with Crippen LogP contribution < -0.4 is 10.1 Å². The van der Waals surface area contributed by atoms with Crippen LogP contribution in [0, 0.1) is 12.3 Å². The molecule has 0 fully saturated rings. The number of rotatable bonds is 4. The molecule has 0 atom stereocenters. The topological polar surface area (TPSA) is 38.3 Å². The summed E-state index contributed by atoms with van der Waals surface area (Å²) in [4.78, 5) is 12.0. The zero-order valence-corrected chi connectivity index (χ0v) is 11.4. The van der Waals surface area contributed by atoms with E-state index < -0.39 is 0 Å². The maximum absolute atomic E-state index is 12.0. The second-order valence-corrected chi connectivity index (χ2v) is 4.36. The van der Waals surface area contributed by atoms with Gasteiger partial charge in [-0.2, -0.15) is 0 Å². The van der Waals surface area contributed by atoms with Crippen LogP contribution in [0.4, 0.5) is 5.69 Å². The van der Waals surface area contributed by atoms with Crippen molar-refractivity contribution in [1.29, 1.82) is 0 Å². The van der Waals surface area contributed by atoms with Gasteiger partial charge in [-0.3, -0.25) is 4.79 Å². The van der Waals surface area contributed by atoms with E-state index in [4.69, 9.17) is 22.8 Å². The average molecular weight is 286 g/mol. The lowest BCUT2D eigenvalue weighted by Gasteiger charge is -2.07. The first-order chi connectivity index (χ1) is 9.70.